The fourth-order valence-electron chi connectivity index (χ4n) is 6.02. The number of benzene rings is 5. The Bertz CT molecular complexity index is 1900. The van der Waals surface area contributed by atoms with Gasteiger partial charge in [-0.25, -0.2) is 0 Å². The topological polar surface area (TPSA) is 37.4 Å². The number of halogens is 2. The van der Waals surface area contributed by atoms with Crippen molar-refractivity contribution in [3.63, 3.8) is 0 Å². The Balaban J connectivity index is 1.38. The standard InChI is InChI=1S/C35H23Cl2NO2/c1-35(2)27-10-6-7-11-31(27)38(23-8-4-3-5-9-23)32-17-21-13-12-20(14-22(21)16-28(32)35)15-26-33(39)24-18-29(36)30(37)19-25(24)34(26)40/h3-19H,1-2H3. The van der Waals surface area contributed by atoms with E-state index in [9.17, 15) is 9.59 Å². The van der Waals surface area contributed by atoms with E-state index >= 15 is 0 Å². The zero-order valence-corrected chi connectivity index (χ0v) is 23.3. The minimum Gasteiger partial charge on any atom is -0.310 e. The van der Waals surface area contributed by atoms with Gasteiger partial charge in [0.25, 0.3) is 0 Å². The highest BCUT2D eigenvalue weighted by molar-refractivity contribution is 6.46. The van der Waals surface area contributed by atoms with Crippen molar-refractivity contribution in [1.82, 2.24) is 0 Å². The molecule has 0 aromatic heterocycles. The number of rotatable bonds is 2. The Labute approximate surface area is 242 Å². The highest BCUT2D eigenvalue weighted by Gasteiger charge is 2.37. The lowest BCUT2D eigenvalue weighted by Gasteiger charge is -2.42. The van der Waals surface area contributed by atoms with E-state index in [0.717, 1.165) is 27.7 Å². The first-order valence-corrected chi connectivity index (χ1v) is 13.8. The highest BCUT2D eigenvalue weighted by Crippen LogP contribution is 2.52. The number of fused-ring (bicyclic) bond motifs is 4. The molecule has 0 amide bonds. The average molecular weight is 560 g/mol. The van der Waals surface area contributed by atoms with E-state index in [1.807, 2.05) is 24.3 Å². The number of hydrogen-bond donors (Lipinski definition) is 0. The second-order valence-corrected chi connectivity index (χ2v) is 11.6. The van der Waals surface area contributed by atoms with E-state index in [1.165, 1.54) is 28.9 Å². The van der Waals surface area contributed by atoms with Crippen molar-refractivity contribution in [2.75, 3.05) is 4.90 Å². The van der Waals surface area contributed by atoms with Crippen molar-refractivity contribution >= 4 is 68.7 Å². The minimum atomic E-state index is -0.333. The molecule has 0 saturated carbocycles. The Morgan fingerprint density at radius 1 is 0.650 bits per heavy atom. The van der Waals surface area contributed by atoms with Crippen LogP contribution in [-0.2, 0) is 5.41 Å². The fraction of sp³-hybridized carbons (Fsp3) is 0.0857. The van der Waals surface area contributed by atoms with Gasteiger partial charge in [-0.3, -0.25) is 9.59 Å². The van der Waals surface area contributed by atoms with Gasteiger partial charge >= 0.3 is 0 Å². The lowest BCUT2D eigenvalue weighted by atomic mass is 9.73. The largest absolute Gasteiger partial charge is 0.310 e. The van der Waals surface area contributed by atoms with Crippen LogP contribution in [0.3, 0.4) is 0 Å². The number of anilines is 3. The molecule has 0 fully saturated rings. The summed E-state index contributed by atoms with van der Waals surface area (Å²) < 4.78 is 0. The molecule has 194 valence electrons. The molecule has 0 radical (unpaired) electrons. The molecule has 0 atom stereocenters. The van der Waals surface area contributed by atoms with Crippen molar-refractivity contribution in [3.05, 3.63) is 140 Å². The zero-order chi connectivity index (χ0) is 27.8. The number of Topliss-reactive ketones (excluding diaryl/α,β-unsaturated/α-hetero) is 2. The van der Waals surface area contributed by atoms with Crippen LogP contribution in [0.5, 0.6) is 0 Å². The molecule has 7 rings (SSSR count). The lowest BCUT2D eigenvalue weighted by Crippen LogP contribution is -2.30. The monoisotopic (exact) mass is 559 g/mol. The van der Waals surface area contributed by atoms with Gasteiger partial charge < -0.3 is 4.90 Å². The third-order valence-corrected chi connectivity index (χ3v) is 8.80. The molecule has 1 heterocycles. The third kappa shape index (κ3) is 3.66. The minimum absolute atomic E-state index is 0.121. The van der Waals surface area contributed by atoms with E-state index in [0.29, 0.717) is 11.1 Å². The molecule has 3 nitrogen and oxygen atoms in total. The van der Waals surface area contributed by atoms with Crippen molar-refractivity contribution in [2.24, 2.45) is 0 Å². The van der Waals surface area contributed by atoms with E-state index in [4.69, 9.17) is 23.2 Å². The van der Waals surface area contributed by atoms with Gasteiger partial charge in [-0.15, -0.1) is 0 Å². The van der Waals surface area contributed by atoms with Crippen molar-refractivity contribution < 1.29 is 9.59 Å². The highest BCUT2D eigenvalue weighted by atomic mass is 35.5. The van der Waals surface area contributed by atoms with Gasteiger partial charge in [-0.1, -0.05) is 85.6 Å². The predicted molar refractivity (Wildman–Crippen MR) is 164 cm³/mol. The third-order valence-electron chi connectivity index (χ3n) is 8.08. The summed E-state index contributed by atoms with van der Waals surface area (Å²) in [4.78, 5) is 28.5. The van der Waals surface area contributed by atoms with Gasteiger partial charge in [0, 0.05) is 22.2 Å². The lowest BCUT2D eigenvalue weighted by molar-refractivity contribution is 0.0990. The quantitative estimate of drug-likeness (QED) is 0.159. The predicted octanol–water partition coefficient (Wildman–Crippen LogP) is 9.72. The molecule has 2 aliphatic rings. The van der Waals surface area contributed by atoms with Crippen LogP contribution in [-0.4, -0.2) is 11.6 Å². The van der Waals surface area contributed by atoms with Gasteiger partial charge in [0.2, 0.25) is 0 Å². The molecule has 0 saturated heterocycles. The maximum atomic E-state index is 13.1. The number of carbonyl (C=O) groups is 2. The van der Waals surface area contributed by atoms with Crippen LogP contribution in [0.1, 0.15) is 51.3 Å². The van der Waals surface area contributed by atoms with Crippen LogP contribution < -0.4 is 4.90 Å². The summed E-state index contributed by atoms with van der Waals surface area (Å²) in [7, 11) is 0. The molecular formula is C35H23Cl2NO2. The number of ketones is 2. The zero-order valence-electron chi connectivity index (χ0n) is 21.8. The molecule has 0 bridgehead atoms. The van der Waals surface area contributed by atoms with Gasteiger partial charge in [-0.05, 0) is 82.1 Å². The molecule has 5 aromatic rings. The normalized spacial score (nSPS) is 15.2. The average Bonchev–Trinajstić information content (AvgIpc) is 3.17. The van der Waals surface area contributed by atoms with E-state index in [2.05, 4.69) is 79.4 Å². The van der Waals surface area contributed by atoms with E-state index in [-0.39, 0.29) is 32.6 Å². The van der Waals surface area contributed by atoms with Gasteiger partial charge in [0.05, 0.1) is 27.0 Å². The molecule has 0 N–H and O–H groups in total. The van der Waals surface area contributed by atoms with E-state index in [1.54, 1.807) is 6.08 Å². The Kier molecular flexibility index (Phi) is 5.54. The number of hydrogen-bond acceptors (Lipinski definition) is 3. The summed E-state index contributed by atoms with van der Waals surface area (Å²) in [5.41, 5.74) is 7.12. The molecule has 5 heteroatoms. The number of carbonyl (C=O) groups excluding carboxylic acids is 2. The van der Waals surface area contributed by atoms with Crippen LogP contribution >= 0.6 is 23.2 Å². The van der Waals surface area contributed by atoms with Gasteiger partial charge in [-0.2, -0.15) is 0 Å². The van der Waals surface area contributed by atoms with Crippen LogP contribution in [0.15, 0.2) is 103 Å². The van der Waals surface area contributed by atoms with E-state index < -0.39 is 0 Å². The molecular weight excluding hydrogens is 537 g/mol. The Hall–Kier alpha value is -4.18. The van der Waals surface area contributed by atoms with Crippen LogP contribution in [0.4, 0.5) is 17.1 Å². The number of allylic oxidation sites excluding steroid dienone is 1. The fourth-order valence-corrected chi connectivity index (χ4v) is 6.35. The van der Waals surface area contributed by atoms with Crippen molar-refractivity contribution in [2.45, 2.75) is 19.3 Å². The van der Waals surface area contributed by atoms with Crippen LogP contribution in [0.2, 0.25) is 10.0 Å². The smallest absolute Gasteiger partial charge is 0.197 e. The first-order valence-electron chi connectivity index (χ1n) is 13.1. The van der Waals surface area contributed by atoms with Gasteiger partial charge in [0.15, 0.2) is 11.6 Å². The van der Waals surface area contributed by atoms with Crippen molar-refractivity contribution in [1.29, 1.82) is 0 Å². The first kappa shape index (κ1) is 24.8. The SMILES string of the molecule is CC1(C)c2ccccc2N(c2ccccc2)c2cc3ccc(C=C4C(=O)c5cc(Cl)c(Cl)cc5C4=O)cc3cc21. The first-order chi connectivity index (χ1) is 19.2. The molecule has 1 aliphatic carbocycles. The number of nitrogens with zero attached hydrogens (tertiary/aromatic N) is 1. The molecule has 40 heavy (non-hydrogen) atoms. The van der Waals surface area contributed by atoms with Crippen molar-refractivity contribution in [3.8, 4) is 0 Å². The second kappa shape index (κ2) is 8.92. The Morgan fingerprint density at radius 2 is 1.30 bits per heavy atom. The maximum Gasteiger partial charge on any atom is 0.197 e. The van der Waals surface area contributed by atoms with Crippen LogP contribution in [0, 0.1) is 0 Å². The summed E-state index contributed by atoms with van der Waals surface area (Å²) in [5.74, 6) is -0.666. The second-order valence-electron chi connectivity index (χ2n) is 10.8. The van der Waals surface area contributed by atoms with Crippen LogP contribution in [0.25, 0.3) is 16.8 Å². The molecule has 5 aromatic carbocycles. The maximum absolute atomic E-state index is 13.1. The summed E-state index contributed by atoms with van der Waals surface area (Å²) in [5, 5.41) is 2.62. The summed E-state index contributed by atoms with van der Waals surface area (Å²) in [6.07, 6.45) is 1.67. The Morgan fingerprint density at radius 3 is 2.00 bits per heavy atom. The summed E-state index contributed by atoms with van der Waals surface area (Å²) >= 11 is 12.2. The summed E-state index contributed by atoms with van der Waals surface area (Å²) in [6.45, 7) is 4.52. The van der Waals surface area contributed by atoms with Gasteiger partial charge in [0.1, 0.15) is 0 Å². The summed E-state index contributed by atoms with van der Waals surface area (Å²) in [6, 6.07) is 32.4. The molecule has 0 unspecified atom stereocenters. The number of para-hydroxylation sites is 2. The molecule has 0 spiro atoms. The molecule has 1 aliphatic heterocycles.